The van der Waals surface area contributed by atoms with Crippen molar-refractivity contribution in [3.63, 3.8) is 0 Å². The van der Waals surface area contributed by atoms with Gasteiger partial charge < -0.3 is 45.2 Å². The molecule has 9 heteroatoms. The van der Waals surface area contributed by atoms with Gasteiger partial charge in [-0.2, -0.15) is 0 Å². The number of aromatic hydroxyl groups is 7. The van der Waals surface area contributed by atoms with E-state index in [0.717, 1.165) is 16.7 Å². The lowest BCUT2D eigenvalue weighted by Gasteiger charge is -2.26. The number of hydrogen-bond donors (Lipinski definition) is 7. The molecule has 6 aromatic carbocycles. The fourth-order valence-corrected chi connectivity index (χ4v) is 7.31. The molecule has 0 radical (unpaired) electrons. The summed E-state index contributed by atoms with van der Waals surface area (Å²) in [5.74, 6) is -0.504. The van der Waals surface area contributed by atoms with Gasteiger partial charge in [-0.1, -0.05) is 48.6 Å². The second-order valence-corrected chi connectivity index (χ2v) is 12.8. The molecule has 254 valence electrons. The summed E-state index contributed by atoms with van der Waals surface area (Å²) >= 11 is 0. The van der Waals surface area contributed by atoms with Crippen molar-refractivity contribution in [1.82, 2.24) is 0 Å². The molecule has 0 fully saturated rings. The van der Waals surface area contributed by atoms with Crippen molar-refractivity contribution in [2.24, 2.45) is 0 Å². The number of fused-ring (bicyclic) bond motifs is 2. The summed E-state index contributed by atoms with van der Waals surface area (Å²) in [6, 6.07) is 30.7. The SMILES string of the molecule is Oc1ccc(/C=C/c2cc(O)cc3c2[C@H](c2cc(O)cc4c2[C@H](c2cc(O)cc(O)c2)[C@H](c2ccc(O)cc2)O4)[C@@H](c2ccc(O)cc2)O3)cc1. The maximum atomic E-state index is 11.3. The van der Waals surface area contributed by atoms with Gasteiger partial charge in [0, 0.05) is 29.3 Å². The average molecular weight is 681 g/mol. The Bertz CT molecular complexity index is 2270. The van der Waals surface area contributed by atoms with Gasteiger partial charge in [-0.15, -0.1) is 0 Å². The zero-order chi connectivity index (χ0) is 35.4. The minimum absolute atomic E-state index is 0.0193. The summed E-state index contributed by atoms with van der Waals surface area (Å²) in [6.45, 7) is 0. The van der Waals surface area contributed by atoms with Gasteiger partial charge in [0.15, 0.2) is 0 Å². The highest BCUT2D eigenvalue weighted by atomic mass is 16.5. The number of phenolic OH excluding ortho intramolecular Hbond substituents is 7. The van der Waals surface area contributed by atoms with Gasteiger partial charge in [0.2, 0.25) is 0 Å². The van der Waals surface area contributed by atoms with Crippen molar-refractivity contribution in [2.45, 2.75) is 24.0 Å². The number of benzene rings is 6. The van der Waals surface area contributed by atoms with Crippen molar-refractivity contribution in [3.8, 4) is 51.7 Å². The summed E-state index contributed by atoms with van der Waals surface area (Å²) < 4.78 is 13.3. The van der Waals surface area contributed by atoms with Gasteiger partial charge in [-0.25, -0.2) is 0 Å². The Morgan fingerprint density at radius 2 is 0.863 bits per heavy atom. The van der Waals surface area contributed by atoms with E-state index in [2.05, 4.69) is 0 Å². The average Bonchev–Trinajstić information content (AvgIpc) is 3.67. The maximum Gasteiger partial charge on any atom is 0.135 e. The van der Waals surface area contributed by atoms with Crippen LogP contribution in [0.2, 0.25) is 0 Å². The Morgan fingerprint density at radius 1 is 0.392 bits per heavy atom. The third-order valence-corrected chi connectivity index (χ3v) is 9.46. The second-order valence-electron chi connectivity index (χ2n) is 12.8. The van der Waals surface area contributed by atoms with E-state index in [4.69, 9.17) is 9.47 Å². The maximum absolute atomic E-state index is 11.3. The van der Waals surface area contributed by atoms with Crippen molar-refractivity contribution in [2.75, 3.05) is 0 Å². The first-order chi connectivity index (χ1) is 24.6. The van der Waals surface area contributed by atoms with E-state index in [1.54, 1.807) is 103 Å². The smallest absolute Gasteiger partial charge is 0.135 e. The van der Waals surface area contributed by atoms with Crippen molar-refractivity contribution >= 4 is 12.2 Å². The Balaban J connectivity index is 1.37. The zero-order valence-corrected chi connectivity index (χ0v) is 26.9. The highest BCUT2D eigenvalue weighted by molar-refractivity contribution is 5.76. The summed E-state index contributed by atoms with van der Waals surface area (Å²) in [6.07, 6.45) is 2.32. The minimum atomic E-state index is -0.694. The highest BCUT2D eigenvalue weighted by Gasteiger charge is 2.46. The molecule has 0 unspecified atom stereocenters. The molecule has 6 aromatic rings. The van der Waals surface area contributed by atoms with Crippen LogP contribution in [0.15, 0.2) is 115 Å². The third-order valence-electron chi connectivity index (χ3n) is 9.46. The normalized spacial score (nSPS) is 19.0. The van der Waals surface area contributed by atoms with E-state index in [1.807, 2.05) is 12.2 Å². The lowest BCUT2D eigenvalue weighted by atomic mass is 9.75. The molecular weight excluding hydrogens is 648 g/mol. The van der Waals surface area contributed by atoms with Crippen LogP contribution in [0.25, 0.3) is 12.2 Å². The molecule has 7 N–H and O–H groups in total. The molecule has 0 saturated carbocycles. The lowest BCUT2D eigenvalue weighted by Crippen LogP contribution is -2.16. The quantitative estimate of drug-likeness (QED) is 0.0858. The molecule has 0 bridgehead atoms. The Hall–Kier alpha value is -6.74. The molecule has 8 rings (SSSR count). The fraction of sp³-hybridized carbons (Fsp3) is 0.0952. The molecule has 51 heavy (non-hydrogen) atoms. The van der Waals surface area contributed by atoms with Crippen molar-refractivity contribution in [3.05, 3.63) is 160 Å². The molecule has 4 atom stereocenters. The Labute approximate surface area is 292 Å². The van der Waals surface area contributed by atoms with Gasteiger partial charge in [0.1, 0.15) is 64.0 Å². The number of rotatable bonds is 6. The topological polar surface area (TPSA) is 160 Å². The number of hydrogen-bond acceptors (Lipinski definition) is 9. The van der Waals surface area contributed by atoms with E-state index in [-0.39, 0.29) is 40.2 Å². The van der Waals surface area contributed by atoms with Crippen molar-refractivity contribution in [1.29, 1.82) is 0 Å². The largest absolute Gasteiger partial charge is 0.508 e. The summed E-state index contributed by atoms with van der Waals surface area (Å²) in [7, 11) is 0. The van der Waals surface area contributed by atoms with Gasteiger partial charge in [0.25, 0.3) is 0 Å². The molecule has 0 aromatic heterocycles. The van der Waals surface area contributed by atoms with Crippen LogP contribution in [-0.2, 0) is 0 Å². The van der Waals surface area contributed by atoms with Crippen LogP contribution in [0.5, 0.6) is 51.7 Å². The van der Waals surface area contributed by atoms with E-state index in [0.29, 0.717) is 39.3 Å². The molecule has 0 aliphatic carbocycles. The van der Waals surface area contributed by atoms with E-state index < -0.39 is 24.0 Å². The van der Waals surface area contributed by atoms with Crippen LogP contribution in [0.4, 0.5) is 0 Å². The molecule has 0 saturated heterocycles. The van der Waals surface area contributed by atoms with Crippen LogP contribution in [0.3, 0.4) is 0 Å². The Kier molecular flexibility index (Phi) is 7.60. The lowest BCUT2D eigenvalue weighted by molar-refractivity contribution is 0.219. The minimum Gasteiger partial charge on any atom is -0.508 e. The molecule has 9 nitrogen and oxygen atoms in total. The summed E-state index contributed by atoms with van der Waals surface area (Å²) in [5.41, 5.74) is 5.48. The Morgan fingerprint density at radius 3 is 1.43 bits per heavy atom. The molecule has 2 aliphatic rings. The monoisotopic (exact) mass is 680 g/mol. The highest BCUT2D eigenvalue weighted by Crippen LogP contribution is 2.59. The first-order valence-electron chi connectivity index (χ1n) is 16.3. The molecule has 0 spiro atoms. The standard InChI is InChI=1S/C42H32O9/c43-27-9-2-22(3-10-27)1-4-25-15-32(48)20-35-37(25)40(42(50-35)24-7-13-29(45)14-8-24)34-19-33(49)21-36-39(34)38(26-16-30(46)18-31(47)17-26)41(51-36)23-5-11-28(44)12-6-23/h1-21,38,40-49H/b4-1+/t38-,40-,41-,42+/m0/s1. The van der Waals surface area contributed by atoms with Crippen LogP contribution >= 0.6 is 0 Å². The van der Waals surface area contributed by atoms with E-state index >= 15 is 0 Å². The second kappa shape index (κ2) is 12.3. The molecule has 2 heterocycles. The number of phenols is 7. The van der Waals surface area contributed by atoms with Crippen LogP contribution < -0.4 is 9.47 Å². The predicted molar refractivity (Wildman–Crippen MR) is 190 cm³/mol. The molecule has 0 amide bonds. The van der Waals surface area contributed by atoms with Gasteiger partial charge in [0.05, 0.1) is 11.8 Å². The number of ether oxygens (including phenoxy) is 2. The first kappa shape index (κ1) is 31.5. The van der Waals surface area contributed by atoms with Crippen LogP contribution in [0.1, 0.15) is 68.6 Å². The first-order valence-corrected chi connectivity index (χ1v) is 16.3. The van der Waals surface area contributed by atoms with Crippen molar-refractivity contribution < 1.29 is 45.2 Å². The van der Waals surface area contributed by atoms with E-state index in [9.17, 15) is 35.7 Å². The fourth-order valence-electron chi connectivity index (χ4n) is 7.31. The van der Waals surface area contributed by atoms with E-state index in [1.165, 1.54) is 12.1 Å². The summed E-state index contributed by atoms with van der Waals surface area (Å²) in [4.78, 5) is 0. The summed E-state index contributed by atoms with van der Waals surface area (Å²) in [5, 5.41) is 73.4. The van der Waals surface area contributed by atoms with Crippen LogP contribution in [-0.4, -0.2) is 35.7 Å². The van der Waals surface area contributed by atoms with Gasteiger partial charge in [-0.3, -0.25) is 0 Å². The molecular formula is C42H32O9. The van der Waals surface area contributed by atoms with Gasteiger partial charge in [-0.05, 0) is 94.0 Å². The van der Waals surface area contributed by atoms with Crippen LogP contribution in [0, 0.1) is 0 Å². The third kappa shape index (κ3) is 5.84. The molecule has 2 aliphatic heterocycles. The van der Waals surface area contributed by atoms with Gasteiger partial charge >= 0.3 is 0 Å². The predicted octanol–water partition coefficient (Wildman–Crippen LogP) is 8.33. The zero-order valence-electron chi connectivity index (χ0n) is 26.9.